The van der Waals surface area contributed by atoms with Crippen LogP contribution in [0.3, 0.4) is 0 Å². The van der Waals surface area contributed by atoms with Gasteiger partial charge in [0.25, 0.3) is 5.91 Å². The molecule has 1 atom stereocenters. The van der Waals surface area contributed by atoms with E-state index in [1.165, 1.54) is 16.4 Å². The van der Waals surface area contributed by atoms with Crippen LogP contribution >= 0.6 is 22.9 Å². The Morgan fingerprint density at radius 3 is 2.52 bits per heavy atom. The number of aliphatic hydroxyl groups excluding tert-OH is 1. The number of rotatable bonds is 10. The van der Waals surface area contributed by atoms with Crippen molar-refractivity contribution in [2.24, 2.45) is 0 Å². The molecule has 1 unspecified atom stereocenters. The molecule has 2 aromatic heterocycles. The van der Waals surface area contributed by atoms with Gasteiger partial charge in [0.15, 0.2) is 0 Å². The highest BCUT2D eigenvalue weighted by atomic mass is 35.5. The van der Waals surface area contributed by atoms with E-state index in [0.29, 0.717) is 47.5 Å². The second kappa shape index (κ2) is 14.5. The van der Waals surface area contributed by atoms with Crippen molar-refractivity contribution >= 4 is 44.8 Å². The van der Waals surface area contributed by atoms with Gasteiger partial charge in [-0.3, -0.25) is 14.3 Å². The van der Waals surface area contributed by atoms with Crippen molar-refractivity contribution in [1.29, 1.82) is 0 Å². The number of thiophene rings is 1. The fourth-order valence-electron chi connectivity index (χ4n) is 7.16. The molecule has 0 bridgehead atoms. The molecule has 2 amide bonds. The van der Waals surface area contributed by atoms with Crippen LogP contribution < -0.4 is 5.32 Å². The Balaban J connectivity index is 1.24. The minimum absolute atomic E-state index is 0.0222. The molecule has 0 radical (unpaired) electrons. The summed E-state index contributed by atoms with van der Waals surface area (Å²) in [5, 5.41) is 20.5. The zero-order valence-corrected chi connectivity index (χ0v) is 30.2. The lowest BCUT2D eigenvalue weighted by atomic mass is 9.97. The van der Waals surface area contributed by atoms with Gasteiger partial charge in [-0.05, 0) is 54.8 Å². The molecule has 1 aromatic carbocycles. The number of nitrogens with zero attached hydrogens (tertiary/aromatic N) is 5. The first kappa shape index (κ1) is 36.8. The highest BCUT2D eigenvalue weighted by molar-refractivity contribution is 7.88. The van der Waals surface area contributed by atoms with Crippen molar-refractivity contribution in [3.05, 3.63) is 61.4 Å². The van der Waals surface area contributed by atoms with Gasteiger partial charge in [-0.25, -0.2) is 8.42 Å². The van der Waals surface area contributed by atoms with Crippen LogP contribution in [0.2, 0.25) is 5.02 Å². The molecule has 0 saturated carbocycles. The third kappa shape index (κ3) is 7.89. The number of fused-ring (bicyclic) bond motifs is 1. The Kier molecular flexibility index (Phi) is 10.7. The topological polar surface area (TPSA) is 128 Å². The highest BCUT2D eigenvalue weighted by Crippen LogP contribution is 2.37. The summed E-state index contributed by atoms with van der Waals surface area (Å²) in [6.07, 6.45) is -0.955. The minimum atomic E-state index is -4.70. The van der Waals surface area contributed by atoms with E-state index in [1.807, 2.05) is 4.90 Å². The number of likely N-dealkylation sites (tertiary alicyclic amines) is 2. The van der Waals surface area contributed by atoms with Crippen LogP contribution in [0.4, 0.5) is 13.2 Å². The second-order valence-corrected chi connectivity index (χ2v) is 16.5. The molecule has 3 aliphatic heterocycles. The molecule has 0 aliphatic carbocycles. The molecule has 2 fully saturated rings. The number of carbonyl (C=O) groups is 2. The molecule has 3 aliphatic rings. The van der Waals surface area contributed by atoms with Crippen LogP contribution in [0.5, 0.6) is 0 Å². The molecule has 2 N–H and O–H groups in total. The number of halogens is 4. The molecule has 272 valence electrons. The third-order valence-corrected chi connectivity index (χ3v) is 12.7. The van der Waals surface area contributed by atoms with E-state index in [-0.39, 0.29) is 47.0 Å². The van der Waals surface area contributed by atoms with Gasteiger partial charge in [0.1, 0.15) is 4.88 Å². The van der Waals surface area contributed by atoms with Crippen molar-refractivity contribution in [2.45, 2.75) is 77.0 Å². The van der Waals surface area contributed by atoms with Crippen molar-refractivity contribution in [1.82, 2.24) is 29.2 Å². The molecule has 0 spiro atoms. The van der Waals surface area contributed by atoms with Gasteiger partial charge in [-0.15, -0.1) is 11.3 Å². The number of alkyl halides is 3. The van der Waals surface area contributed by atoms with Crippen LogP contribution in [0.1, 0.15) is 63.3 Å². The molecule has 2 saturated heterocycles. The number of carbonyl (C=O) groups excluding carboxylic acids is 2. The van der Waals surface area contributed by atoms with Crippen LogP contribution in [0.25, 0.3) is 11.3 Å². The second-order valence-electron chi connectivity index (χ2n) is 13.3. The number of hydrogen-bond acceptors (Lipinski definition) is 8. The lowest BCUT2D eigenvalue weighted by molar-refractivity contribution is -0.138. The Hall–Kier alpha value is -3.02. The van der Waals surface area contributed by atoms with Crippen LogP contribution in [0, 0.1) is 6.92 Å². The number of aliphatic hydroxyl groups is 1. The van der Waals surface area contributed by atoms with Crippen molar-refractivity contribution in [2.75, 3.05) is 39.0 Å². The Bertz CT molecular complexity index is 1870. The number of amides is 2. The fourth-order valence-corrected chi connectivity index (χ4v) is 9.14. The summed E-state index contributed by atoms with van der Waals surface area (Å²) < 4.78 is 70.4. The summed E-state index contributed by atoms with van der Waals surface area (Å²) >= 11 is 7.31. The number of aromatic nitrogens is 2. The van der Waals surface area contributed by atoms with E-state index in [4.69, 9.17) is 16.7 Å². The average Bonchev–Trinajstić information content (AvgIpc) is 3.75. The monoisotopic (exact) mass is 756 g/mol. The smallest absolute Gasteiger partial charge is 0.390 e. The van der Waals surface area contributed by atoms with Gasteiger partial charge in [-0.1, -0.05) is 17.7 Å². The maximum atomic E-state index is 14.1. The maximum absolute atomic E-state index is 14.1. The lowest BCUT2D eigenvalue weighted by Crippen LogP contribution is -2.47. The summed E-state index contributed by atoms with van der Waals surface area (Å²) in [6, 6.07) is 3.78. The number of nitrogens with one attached hydrogen (secondary N) is 1. The van der Waals surface area contributed by atoms with Gasteiger partial charge in [-0.2, -0.15) is 22.6 Å². The zero-order chi connectivity index (χ0) is 36.0. The predicted octanol–water partition coefficient (Wildman–Crippen LogP) is 4.29. The Morgan fingerprint density at radius 2 is 1.90 bits per heavy atom. The fraction of sp³-hybridized carbons (Fsp3) is 0.545. The lowest BCUT2D eigenvalue weighted by Gasteiger charge is -2.37. The predicted molar refractivity (Wildman–Crippen MR) is 183 cm³/mol. The largest absolute Gasteiger partial charge is 0.416 e. The first-order chi connectivity index (χ1) is 23.6. The normalized spacial score (nSPS) is 18.9. The number of β-amino-alcohol motifs (C(OH)–C–C–N with tert-alkyl or cyclic N) is 1. The Morgan fingerprint density at radius 1 is 1.16 bits per heavy atom. The molecule has 5 heterocycles. The van der Waals surface area contributed by atoms with E-state index in [0.717, 1.165) is 62.6 Å². The first-order valence-electron chi connectivity index (χ1n) is 16.6. The molecular formula is C33H40ClF3N6O5S2. The summed E-state index contributed by atoms with van der Waals surface area (Å²) in [7, 11) is -3.59. The molecule has 6 rings (SSSR count). The average molecular weight is 757 g/mol. The minimum Gasteiger partial charge on any atom is -0.390 e. The summed E-state index contributed by atoms with van der Waals surface area (Å²) in [6.45, 7) is 4.22. The van der Waals surface area contributed by atoms with Gasteiger partial charge in [0.2, 0.25) is 15.9 Å². The summed E-state index contributed by atoms with van der Waals surface area (Å²) in [5.41, 5.74) is 1.48. The Labute approximate surface area is 298 Å². The van der Waals surface area contributed by atoms with Crippen LogP contribution in [-0.2, 0) is 47.0 Å². The molecule has 3 aromatic rings. The SMILES string of the molecule is Cc1csc(C(=O)NCc2cc(-c3nn(CC(O)CN4CCC(N5CCCC5=O)CC4)c4c3CN(S(C)(=O)=O)CC4)ccc2C(F)(F)F)c1Cl. The van der Waals surface area contributed by atoms with Crippen LogP contribution in [0.15, 0.2) is 23.6 Å². The van der Waals surface area contributed by atoms with E-state index >= 15 is 0 Å². The third-order valence-electron chi connectivity index (χ3n) is 9.76. The van der Waals surface area contributed by atoms with E-state index in [2.05, 4.69) is 10.2 Å². The maximum Gasteiger partial charge on any atom is 0.416 e. The number of piperidine rings is 1. The highest BCUT2D eigenvalue weighted by Gasteiger charge is 2.36. The standard InChI is InChI=1S/C33H40ClF3N6O5S2/c1-20-19-49-31(29(20)34)32(46)38-15-22-14-21(5-6-26(22)33(35,36)37)30-25-18-41(50(2,47)48)13-9-27(25)43(39-30)17-24(44)16-40-11-7-23(8-12-40)42-10-3-4-28(42)45/h5-6,14,19,23-24,44H,3-4,7-13,15-18H2,1-2H3,(H,38,46). The van der Waals surface area contributed by atoms with Gasteiger partial charge in [0, 0.05) is 81.5 Å². The van der Waals surface area contributed by atoms with Crippen LogP contribution in [-0.4, -0.2) is 100 Å². The first-order valence-corrected chi connectivity index (χ1v) is 19.7. The van der Waals surface area contributed by atoms with E-state index in [9.17, 15) is 36.3 Å². The number of aryl methyl sites for hydroxylation is 1. The zero-order valence-electron chi connectivity index (χ0n) is 27.8. The molecular weight excluding hydrogens is 717 g/mol. The van der Waals surface area contributed by atoms with E-state index in [1.54, 1.807) is 17.0 Å². The van der Waals surface area contributed by atoms with Gasteiger partial charge in [0.05, 0.1) is 35.2 Å². The summed E-state index contributed by atoms with van der Waals surface area (Å²) in [4.78, 5) is 29.4. The molecule has 11 nitrogen and oxygen atoms in total. The summed E-state index contributed by atoms with van der Waals surface area (Å²) in [5.74, 6) is -0.389. The van der Waals surface area contributed by atoms with Gasteiger partial charge >= 0.3 is 6.18 Å². The quantitative estimate of drug-likeness (QED) is 0.316. The van der Waals surface area contributed by atoms with Crippen molar-refractivity contribution in [3.8, 4) is 11.3 Å². The number of benzene rings is 1. The number of sulfonamides is 1. The van der Waals surface area contributed by atoms with Crippen molar-refractivity contribution < 1.29 is 36.3 Å². The van der Waals surface area contributed by atoms with Gasteiger partial charge < -0.3 is 20.2 Å². The van der Waals surface area contributed by atoms with E-state index < -0.39 is 40.3 Å². The number of hydrogen-bond donors (Lipinski definition) is 2. The van der Waals surface area contributed by atoms with Crippen molar-refractivity contribution in [3.63, 3.8) is 0 Å². The molecule has 17 heteroatoms. The molecule has 50 heavy (non-hydrogen) atoms.